The van der Waals surface area contributed by atoms with Crippen molar-refractivity contribution in [2.24, 2.45) is 4.99 Å². The summed E-state index contributed by atoms with van der Waals surface area (Å²) in [5.74, 6) is 1.42. The van der Waals surface area contributed by atoms with E-state index in [1.165, 1.54) is 23.0 Å². The molecule has 5 rings (SSSR count). The molecule has 0 saturated carbocycles. The minimum absolute atomic E-state index is 0.163. The molecule has 45 heavy (non-hydrogen) atoms. The molecule has 0 radical (unpaired) electrons. The van der Waals surface area contributed by atoms with Crippen molar-refractivity contribution >= 4 is 50.9 Å². The van der Waals surface area contributed by atoms with Gasteiger partial charge in [-0.1, -0.05) is 41.1 Å². The summed E-state index contributed by atoms with van der Waals surface area (Å²) in [6.07, 6.45) is 1.75. The number of benzene rings is 3. The average Bonchev–Trinajstić information content (AvgIpc) is 3.33. The molecule has 0 saturated heterocycles. The van der Waals surface area contributed by atoms with Crippen LogP contribution in [0.5, 0.6) is 23.0 Å². The van der Waals surface area contributed by atoms with Crippen LogP contribution >= 0.6 is 38.9 Å². The molecule has 0 spiro atoms. The number of carbonyl (C=O) groups excluding carboxylic acids is 1. The predicted molar refractivity (Wildman–Crippen MR) is 176 cm³/mol. The molecule has 0 amide bonds. The van der Waals surface area contributed by atoms with Crippen molar-refractivity contribution in [2.75, 3.05) is 27.9 Å². The lowest BCUT2D eigenvalue weighted by Crippen LogP contribution is -2.40. The third-order valence-electron chi connectivity index (χ3n) is 7.13. The smallest absolute Gasteiger partial charge is 0.338 e. The number of carbonyl (C=O) groups is 1. The Morgan fingerprint density at radius 1 is 1.07 bits per heavy atom. The highest BCUT2D eigenvalue weighted by Crippen LogP contribution is 2.39. The van der Waals surface area contributed by atoms with E-state index in [9.17, 15) is 9.59 Å². The van der Waals surface area contributed by atoms with Gasteiger partial charge in [-0.25, -0.2) is 9.79 Å². The van der Waals surface area contributed by atoms with Crippen molar-refractivity contribution in [1.82, 2.24) is 4.57 Å². The van der Waals surface area contributed by atoms with E-state index >= 15 is 0 Å². The zero-order valence-corrected chi connectivity index (χ0v) is 28.3. The Balaban J connectivity index is 1.63. The third kappa shape index (κ3) is 6.51. The van der Waals surface area contributed by atoms with Gasteiger partial charge in [0.05, 0.1) is 48.2 Å². The van der Waals surface area contributed by atoms with Crippen LogP contribution in [0.2, 0.25) is 5.02 Å². The quantitative estimate of drug-likeness (QED) is 0.191. The van der Waals surface area contributed by atoms with Crippen molar-refractivity contribution in [3.05, 3.63) is 112 Å². The first kappa shape index (κ1) is 32.3. The van der Waals surface area contributed by atoms with E-state index in [-0.39, 0.29) is 24.3 Å². The number of hydrogen-bond donors (Lipinski definition) is 0. The number of fused-ring (bicyclic) bond motifs is 1. The van der Waals surface area contributed by atoms with Gasteiger partial charge in [0.25, 0.3) is 5.56 Å². The molecule has 4 aromatic rings. The molecule has 234 valence electrons. The Labute approximate surface area is 277 Å². The summed E-state index contributed by atoms with van der Waals surface area (Å²) in [5, 5.41) is 0.603. The highest BCUT2D eigenvalue weighted by atomic mass is 79.9. The standard InChI is InChI=1S/C33H30BrClN2O7S/c1-6-43-32(39)28-18(2)36-33-37(29(28)22-16-21(40-3)11-12-25(22)41-4)31(38)27(45-33)15-19-13-23(34)30(26(14-19)42-5)44-17-20-9-7-8-10-24(20)35/h7-16,29H,6,17H2,1-5H3/b27-15-/t29-/m1/s1. The predicted octanol–water partition coefficient (Wildman–Crippen LogP) is 5.82. The number of halogens is 2. The highest BCUT2D eigenvalue weighted by Gasteiger charge is 2.35. The lowest BCUT2D eigenvalue weighted by Gasteiger charge is -2.26. The summed E-state index contributed by atoms with van der Waals surface area (Å²) in [6.45, 7) is 3.86. The maximum Gasteiger partial charge on any atom is 0.338 e. The summed E-state index contributed by atoms with van der Waals surface area (Å²) < 4.78 is 30.8. The molecule has 0 bridgehead atoms. The first-order valence-corrected chi connectivity index (χ1v) is 15.8. The number of methoxy groups -OCH3 is 3. The fraction of sp³-hybridized carbons (Fsp3) is 0.242. The molecule has 1 aliphatic heterocycles. The van der Waals surface area contributed by atoms with E-state index in [1.54, 1.807) is 64.5 Å². The SMILES string of the molecule is CCOC(=O)C1=C(C)N=c2s/c(=C\c3cc(Br)c(OCc4ccccc4Cl)c(OC)c3)c(=O)n2[C@@H]1c1cc(OC)ccc1OC. The topological polar surface area (TPSA) is 97.6 Å². The second kappa shape index (κ2) is 13.9. The number of rotatable bonds is 10. The lowest BCUT2D eigenvalue weighted by molar-refractivity contribution is -0.139. The number of hydrogen-bond acceptors (Lipinski definition) is 9. The second-order valence-corrected chi connectivity index (χ2v) is 12.1. The minimum atomic E-state index is -0.866. The third-order valence-corrected chi connectivity index (χ3v) is 9.07. The van der Waals surface area contributed by atoms with Gasteiger partial charge in [-0.05, 0) is 77.8 Å². The molecular weight excluding hydrogens is 684 g/mol. The number of aromatic nitrogens is 1. The van der Waals surface area contributed by atoms with Crippen LogP contribution in [0.1, 0.15) is 36.6 Å². The monoisotopic (exact) mass is 712 g/mol. The molecular formula is C33H30BrClN2O7S. The van der Waals surface area contributed by atoms with E-state index in [0.29, 0.717) is 58.7 Å². The van der Waals surface area contributed by atoms with Crippen LogP contribution in [0, 0.1) is 0 Å². The highest BCUT2D eigenvalue weighted by molar-refractivity contribution is 9.10. The van der Waals surface area contributed by atoms with E-state index in [4.69, 9.17) is 35.3 Å². The molecule has 0 fully saturated rings. The summed E-state index contributed by atoms with van der Waals surface area (Å²) in [4.78, 5) is 32.5. The normalized spacial score (nSPS) is 14.5. The van der Waals surface area contributed by atoms with Gasteiger partial charge in [0.1, 0.15) is 24.1 Å². The fourth-order valence-electron chi connectivity index (χ4n) is 5.02. The van der Waals surface area contributed by atoms with Crippen molar-refractivity contribution in [1.29, 1.82) is 0 Å². The maximum absolute atomic E-state index is 14.1. The van der Waals surface area contributed by atoms with Crippen LogP contribution < -0.4 is 33.8 Å². The molecule has 0 aliphatic carbocycles. The Kier molecular flexibility index (Phi) is 10.0. The van der Waals surface area contributed by atoms with Crippen LogP contribution in [-0.4, -0.2) is 38.5 Å². The molecule has 3 aromatic carbocycles. The molecule has 1 atom stereocenters. The van der Waals surface area contributed by atoms with Gasteiger partial charge in [-0.15, -0.1) is 0 Å². The summed E-state index contributed by atoms with van der Waals surface area (Å²) in [6, 6.07) is 15.4. The Bertz CT molecular complexity index is 1990. The van der Waals surface area contributed by atoms with Gasteiger partial charge in [-0.2, -0.15) is 0 Å². The van der Waals surface area contributed by atoms with E-state index in [1.807, 2.05) is 24.3 Å². The van der Waals surface area contributed by atoms with Gasteiger partial charge in [0.15, 0.2) is 16.3 Å². The minimum Gasteiger partial charge on any atom is -0.497 e. The van der Waals surface area contributed by atoms with Gasteiger partial charge in [0.2, 0.25) is 0 Å². The molecule has 0 N–H and O–H groups in total. The van der Waals surface area contributed by atoms with E-state index in [0.717, 1.165) is 5.56 Å². The molecule has 1 aromatic heterocycles. The molecule has 12 heteroatoms. The van der Waals surface area contributed by atoms with Crippen LogP contribution in [0.4, 0.5) is 0 Å². The number of allylic oxidation sites excluding steroid dienone is 1. The van der Waals surface area contributed by atoms with E-state index in [2.05, 4.69) is 20.9 Å². The van der Waals surface area contributed by atoms with Crippen LogP contribution in [0.3, 0.4) is 0 Å². The summed E-state index contributed by atoms with van der Waals surface area (Å²) >= 11 is 11.1. The van der Waals surface area contributed by atoms with Crippen molar-refractivity contribution in [2.45, 2.75) is 26.5 Å². The Hall–Kier alpha value is -4.06. The van der Waals surface area contributed by atoms with Crippen molar-refractivity contribution in [3.63, 3.8) is 0 Å². The molecule has 2 heterocycles. The average molecular weight is 714 g/mol. The summed E-state index contributed by atoms with van der Waals surface area (Å²) in [7, 11) is 4.62. The Morgan fingerprint density at radius 3 is 2.51 bits per heavy atom. The number of thiazole rings is 1. The number of ether oxygens (including phenoxy) is 5. The number of esters is 1. The van der Waals surface area contributed by atoms with Crippen molar-refractivity contribution < 1.29 is 28.5 Å². The van der Waals surface area contributed by atoms with Crippen LogP contribution in [0.15, 0.2) is 80.1 Å². The zero-order chi connectivity index (χ0) is 32.2. The van der Waals surface area contributed by atoms with Crippen LogP contribution in [0.25, 0.3) is 6.08 Å². The fourth-order valence-corrected chi connectivity index (χ4v) is 6.83. The molecule has 1 aliphatic rings. The summed E-state index contributed by atoms with van der Waals surface area (Å²) in [5.41, 5.74) is 2.43. The van der Waals surface area contributed by atoms with Crippen LogP contribution in [-0.2, 0) is 16.1 Å². The van der Waals surface area contributed by atoms with E-state index < -0.39 is 12.0 Å². The maximum atomic E-state index is 14.1. The lowest BCUT2D eigenvalue weighted by atomic mass is 9.94. The first-order chi connectivity index (χ1) is 21.7. The molecule has 0 unspecified atom stereocenters. The second-order valence-electron chi connectivity index (χ2n) is 9.82. The molecule has 9 nitrogen and oxygen atoms in total. The number of nitrogens with zero attached hydrogens (tertiary/aromatic N) is 2. The Morgan fingerprint density at radius 2 is 1.82 bits per heavy atom. The van der Waals surface area contributed by atoms with Gasteiger partial charge >= 0.3 is 5.97 Å². The van der Waals surface area contributed by atoms with Gasteiger partial charge < -0.3 is 23.7 Å². The van der Waals surface area contributed by atoms with Crippen molar-refractivity contribution in [3.8, 4) is 23.0 Å². The van der Waals surface area contributed by atoms with Gasteiger partial charge in [-0.3, -0.25) is 9.36 Å². The first-order valence-electron chi connectivity index (χ1n) is 13.9. The zero-order valence-electron chi connectivity index (χ0n) is 25.2. The van der Waals surface area contributed by atoms with Gasteiger partial charge in [0, 0.05) is 16.1 Å². The largest absolute Gasteiger partial charge is 0.497 e.